The summed E-state index contributed by atoms with van der Waals surface area (Å²) in [7, 11) is 0. The number of rotatable bonds is 0. The Hall–Kier alpha value is 0. The highest BCUT2D eigenvalue weighted by Crippen LogP contribution is 2.44. The monoisotopic (exact) mass is 179 g/mol. The first kappa shape index (κ1) is 9.55. The van der Waals surface area contributed by atoms with Crippen molar-refractivity contribution in [2.45, 2.75) is 70.6 Å². The molecular weight excluding hydrogens is 156 g/mol. The van der Waals surface area contributed by atoms with Gasteiger partial charge in [0.25, 0.3) is 0 Å². The largest absolute Gasteiger partial charge is 0.0533 e. The van der Waals surface area contributed by atoms with Crippen LogP contribution >= 0.6 is 0 Å². The highest BCUT2D eigenvalue weighted by Gasteiger charge is 2.31. The van der Waals surface area contributed by atoms with Gasteiger partial charge >= 0.3 is 0 Å². The van der Waals surface area contributed by atoms with E-state index in [0.29, 0.717) is 5.41 Å². The van der Waals surface area contributed by atoms with Crippen LogP contribution in [0.25, 0.3) is 0 Å². The maximum absolute atomic E-state index is 2.68. The van der Waals surface area contributed by atoms with Gasteiger partial charge in [0, 0.05) is 0 Å². The van der Waals surface area contributed by atoms with E-state index in [-0.39, 0.29) is 0 Å². The minimum absolute atomic E-state index is 0.707. The molecule has 2 fully saturated rings. The molecule has 2 saturated carbocycles. The summed E-state index contributed by atoms with van der Waals surface area (Å²) >= 11 is 0. The molecule has 0 unspecified atom stereocenters. The molecule has 2 aliphatic rings. The number of hydrogen-bond donors (Lipinski definition) is 0. The summed E-state index contributed by atoms with van der Waals surface area (Å²) < 4.78 is 0. The van der Waals surface area contributed by atoms with E-state index >= 15 is 0 Å². The Kier molecular flexibility index (Phi) is 3.29. The number of hydrogen-bond acceptors (Lipinski definition) is 0. The van der Waals surface area contributed by atoms with Gasteiger partial charge in [0.1, 0.15) is 0 Å². The van der Waals surface area contributed by atoms with Gasteiger partial charge in [-0.3, -0.25) is 0 Å². The van der Waals surface area contributed by atoms with Gasteiger partial charge in [0.2, 0.25) is 0 Å². The van der Waals surface area contributed by atoms with Gasteiger partial charge in [-0.05, 0) is 37.5 Å². The molecule has 0 heteroatoms. The summed E-state index contributed by atoms with van der Waals surface area (Å²) in [6.45, 7) is 0. The zero-order valence-electron chi connectivity index (χ0n) is 8.86. The standard InChI is InChI=1S/C13H23/c1-2-5-9-13(10-6-3-1)11-7-4-8-12-13/h11H,1-10,12H2. The summed E-state index contributed by atoms with van der Waals surface area (Å²) in [5, 5.41) is 0. The SMILES string of the molecule is [CH]1CCCCC12CCCCCCC2. The molecule has 2 aliphatic carbocycles. The van der Waals surface area contributed by atoms with Gasteiger partial charge < -0.3 is 0 Å². The van der Waals surface area contributed by atoms with Crippen molar-refractivity contribution in [3.8, 4) is 0 Å². The van der Waals surface area contributed by atoms with E-state index in [9.17, 15) is 0 Å². The molecule has 0 aromatic rings. The zero-order valence-corrected chi connectivity index (χ0v) is 8.86. The molecule has 0 nitrogen and oxygen atoms in total. The lowest BCUT2D eigenvalue weighted by Crippen LogP contribution is -2.25. The first-order valence-electron chi connectivity index (χ1n) is 6.26. The van der Waals surface area contributed by atoms with Gasteiger partial charge in [-0.1, -0.05) is 44.9 Å². The third-order valence-electron chi connectivity index (χ3n) is 4.06. The normalized spacial score (nSPS) is 29.5. The Morgan fingerprint density at radius 3 is 1.69 bits per heavy atom. The van der Waals surface area contributed by atoms with Crippen molar-refractivity contribution in [3.63, 3.8) is 0 Å². The van der Waals surface area contributed by atoms with Crippen molar-refractivity contribution in [2.24, 2.45) is 5.41 Å². The molecule has 0 aromatic carbocycles. The average Bonchev–Trinajstić information content (AvgIpc) is 2.14. The predicted molar refractivity (Wildman–Crippen MR) is 57.5 cm³/mol. The lowest BCUT2D eigenvalue weighted by molar-refractivity contribution is 0.201. The minimum Gasteiger partial charge on any atom is -0.0533 e. The molecule has 0 bridgehead atoms. The summed E-state index contributed by atoms with van der Waals surface area (Å²) in [4.78, 5) is 0. The molecule has 75 valence electrons. The third kappa shape index (κ3) is 2.48. The second-order valence-electron chi connectivity index (χ2n) is 5.08. The van der Waals surface area contributed by atoms with E-state index in [1.165, 1.54) is 70.6 Å². The van der Waals surface area contributed by atoms with Crippen LogP contribution in [0.2, 0.25) is 0 Å². The molecule has 0 heterocycles. The van der Waals surface area contributed by atoms with Crippen LogP contribution in [0.5, 0.6) is 0 Å². The van der Waals surface area contributed by atoms with Crippen molar-refractivity contribution in [1.82, 2.24) is 0 Å². The highest BCUT2D eigenvalue weighted by atomic mass is 14.4. The minimum atomic E-state index is 0.707. The predicted octanol–water partition coefficient (Wildman–Crippen LogP) is 4.50. The summed E-state index contributed by atoms with van der Waals surface area (Å²) in [5.41, 5.74) is 0.707. The molecule has 0 saturated heterocycles. The van der Waals surface area contributed by atoms with Crippen molar-refractivity contribution in [2.75, 3.05) is 0 Å². The molecule has 1 radical (unpaired) electrons. The molecule has 1 spiro atoms. The van der Waals surface area contributed by atoms with Crippen LogP contribution in [-0.2, 0) is 0 Å². The fraction of sp³-hybridized carbons (Fsp3) is 0.923. The zero-order chi connectivity index (χ0) is 8.99. The molecule has 0 aliphatic heterocycles. The van der Waals surface area contributed by atoms with Crippen molar-refractivity contribution >= 4 is 0 Å². The van der Waals surface area contributed by atoms with Crippen LogP contribution in [0, 0.1) is 11.8 Å². The molecule has 2 rings (SSSR count). The van der Waals surface area contributed by atoms with Crippen LogP contribution in [-0.4, -0.2) is 0 Å². The smallest absolute Gasteiger partial charge is 0.0266 e. The first-order chi connectivity index (χ1) is 6.41. The summed E-state index contributed by atoms with van der Waals surface area (Å²) in [6, 6.07) is 0. The van der Waals surface area contributed by atoms with E-state index in [1.807, 2.05) is 0 Å². The van der Waals surface area contributed by atoms with Gasteiger partial charge in [-0.25, -0.2) is 0 Å². The Labute approximate surface area is 83.1 Å². The van der Waals surface area contributed by atoms with Crippen molar-refractivity contribution < 1.29 is 0 Å². The van der Waals surface area contributed by atoms with E-state index in [4.69, 9.17) is 0 Å². The van der Waals surface area contributed by atoms with Gasteiger partial charge in [-0.15, -0.1) is 0 Å². The molecule has 0 amide bonds. The molecular formula is C13H23. The Morgan fingerprint density at radius 1 is 0.615 bits per heavy atom. The van der Waals surface area contributed by atoms with Crippen molar-refractivity contribution in [3.05, 3.63) is 6.42 Å². The van der Waals surface area contributed by atoms with Crippen LogP contribution in [0.3, 0.4) is 0 Å². The van der Waals surface area contributed by atoms with E-state index < -0.39 is 0 Å². The second-order valence-corrected chi connectivity index (χ2v) is 5.08. The quantitative estimate of drug-likeness (QED) is 0.514. The molecule has 13 heavy (non-hydrogen) atoms. The highest BCUT2D eigenvalue weighted by molar-refractivity contribution is 4.95. The lowest BCUT2D eigenvalue weighted by Gasteiger charge is -2.38. The molecule has 0 atom stereocenters. The van der Waals surface area contributed by atoms with E-state index in [2.05, 4.69) is 6.42 Å². The van der Waals surface area contributed by atoms with Gasteiger partial charge in [-0.2, -0.15) is 0 Å². The molecule has 0 aromatic heterocycles. The van der Waals surface area contributed by atoms with Crippen LogP contribution in [0.1, 0.15) is 70.6 Å². The second kappa shape index (κ2) is 4.48. The fourth-order valence-electron chi connectivity index (χ4n) is 3.20. The van der Waals surface area contributed by atoms with Crippen molar-refractivity contribution in [1.29, 1.82) is 0 Å². The third-order valence-corrected chi connectivity index (χ3v) is 4.06. The Morgan fingerprint density at radius 2 is 1.15 bits per heavy atom. The topological polar surface area (TPSA) is 0 Å². The van der Waals surface area contributed by atoms with Crippen LogP contribution in [0.4, 0.5) is 0 Å². The van der Waals surface area contributed by atoms with E-state index in [0.717, 1.165) is 0 Å². The van der Waals surface area contributed by atoms with E-state index in [1.54, 1.807) is 0 Å². The Balaban J connectivity index is 1.91. The fourth-order valence-corrected chi connectivity index (χ4v) is 3.20. The lowest BCUT2D eigenvalue weighted by atomic mass is 9.67. The summed E-state index contributed by atoms with van der Waals surface area (Å²) in [6.07, 6.45) is 19.0. The van der Waals surface area contributed by atoms with Crippen LogP contribution < -0.4 is 0 Å². The van der Waals surface area contributed by atoms with Gasteiger partial charge in [0.15, 0.2) is 0 Å². The maximum Gasteiger partial charge on any atom is -0.0266 e. The summed E-state index contributed by atoms with van der Waals surface area (Å²) in [5.74, 6) is 0. The van der Waals surface area contributed by atoms with Crippen LogP contribution in [0.15, 0.2) is 0 Å². The van der Waals surface area contributed by atoms with Gasteiger partial charge in [0.05, 0.1) is 0 Å². The maximum atomic E-state index is 2.68. The first-order valence-corrected chi connectivity index (χ1v) is 6.26. The Bertz CT molecular complexity index is 132. The average molecular weight is 179 g/mol. The molecule has 0 N–H and O–H groups in total.